The minimum Gasteiger partial charge on any atom is -0.497 e. The molecule has 3 heterocycles. The zero-order valence-electron chi connectivity index (χ0n) is 40.1. The number of sulfonamides is 1. The average Bonchev–Trinajstić information content (AvgIpc) is 4.08. The molecule has 2 aliphatic heterocycles. The summed E-state index contributed by atoms with van der Waals surface area (Å²) in [5, 5.41) is 5.91. The molecule has 4 amide bonds. The number of alkyl carbamates (subject to hydrolysis) is 1. The summed E-state index contributed by atoms with van der Waals surface area (Å²) in [7, 11) is 0.798. The maximum Gasteiger partial charge on any atom is 0.427 e. The maximum absolute atomic E-state index is 15.0. The van der Waals surface area contributed by atoms with Crippen LogP contribution in [0.15, 0.2) is 36.4 Å². The first-order chi connectivity index (χ1) is 30.4. The van der Waals surface area contributed by atoms with Crippen LogP contribution in [0.2, 0.25) is 0 Å². The number of amides is 4. The van der Waals surface area contributed by atoms with Gasteiger partial charge in [-0.05, 0) is 101 Å². The Morgan fingerprint density at radius 1 is 1.12 bits per heavy atom. The van der Waals surface area contributed by atoms with Gasteiger partial charge in [-0.15, -0.1) is 0 Å². The number of hydrogen-bond acceptors (Lipinski definition) is 11. The Kier molecular flexibility index (Phi) is 10.0. The number of hydrogen-bond donors (Lipinski definition) is 3. The fraction of sp³-hybridized carbons (Fsp3) is 0.634. The number of allylic oxidation sites excluding steroid dienone is 1. The molecule has 0 unspecified atom stereocenters. The van der Waals surface area contributed by atoms with E-state index >= 15 is 4.79 Å². The Hall–Kier alpha value is -4.81. The smallest absolute Gasteiger partial charge is 0.427 e. The van der Waals surface area contributed by atoms with Crippen LogP contribution >= 0.6 is 0 Å². The summed E-state index contributed by atoms with van der Waals surface area (Å²) in [6.45, 7) is -4.57. The number of rotatable bonds is 9. The van der Waals surface area contributed by atoms with Gasteiger partial charge in [-0.1, -0.05) is 26.0 Å². The molecule has 19 heteroatoms. The molecular formula is C41H55F3N6O9S. The van der Waals surface area contributed by atoms with Crippen LogP contribution in [0.1, 0.15) is 87.6 Å². The lowest BCUT2D eigenvalue weighted by Gasteiger charge is -2.34. The number of ether oxygens (including phenoxy) is 3. The highest BCUT2D eigenvalue weighted by molar-refractivity contribution is 7.91. The molecule has 1 aromatic carbocycles. The number of carbonyl (C=O) groups excluding carboxylic acids is 4. The highest BCUT2D eigenvalue weighted by Crippen LogP contribution is 2.48. The predicted octanol–water partition coefficient (Wildman–Crippen LogP) is 4.98. The Labute approximate surface area is 356 Å². The highest BCUT2D eigenvalue weighted by Gasteiger charge is 2.63. The SMILES string of the molecule is [2H]C([2H])([2H])C(OC(=O)N[C@@H]1C(=O)N2C[C@H](Oc3nc(N(C)C)cc4cc(OC)ccc34)C[C@H]2C(=O)N[C@]2(C(=O)NS(=O)(=O)C3(C)CC3)C[C@H]2/C=C\CC[C@H](C)C[C@H]1C)(C([2H])([2H])[2H])C(F)(F)F. The molecule has 3 N–H and O–H groups in total. The van der Waals surface area contributed by atoms with E-state index in [0.717, 1.165) is 4.90 Å². The van der Waals surface area contributed by atoms with Crippen LogP contribution in [-0.2, 0) is 29.1 Å². The normalized spacial score (nSPS) is 30.7. The van der Waals surface area contributed by atoms with Crippen LogP contribution in [0.3, 0.4) is 0 Å². The van der Waals surface area contributed by atoms with Crippen LogP contribution < -0.4 is 29.7 Å². The molecule has 2 saturated carbocycles. The summed E-state index contributed by atoms with van der Waals surface area (Å²) in [5.41, 5.74) is -6.79. The second-order valence-electron chi connectivity index (χ2n) is 16.9. The molecule has 2 aromatic rings. The van der Waals surface area contributed by atoms with Crippen molar-refractivity contribution in [2.45, 2.75) is 120 Å². The van der Waals surface area contributed by atoms with Crippen molar-refractivity contribution in [2.75, 3.05) is 32.6 Å². The van der Waals surface area contributed by atoms with Gasteiger partial charge in [0, 0.05) is 40.0 Å². The Morgan fingerprint density at radius 3 is 2.47 bits per heavy atom. The number of carbonyl (C=O) groups is 4. The number of nitrogens with one attached hydrogen (secondary N) is 3. The number of aromatic nitrogens is 1. The zero-order chi connectivity index (χ0) is 49.2. The lowest BCUT2D eigenvalue weighted by atomic mass is 9.88. The zero-order valence-corrected chi connectivity index (χ0v) is 35.0. The van der Waals surface area contributed by atoms with Gasteiger partial charge in [0.1, 0.15) is 35.3 Å². The molecular weight excluding hydrogens is 810 g/mol. The number of nitrogens with zero attached hydrogens (tertiary/aromatic N) is 3. The minimum atomic E-state index is -6.16. The van der Waals surface area contributed by atoms with Crippen molar-refractivity contribution in [1.29, 1.82) is 0 Å². The van der Waals surface area contributed by atoms with E-state index in [1.807, 2.05) is 5.32 Å². The Balaban J connectivity index is 1.42. The summed E-state index contributed by atoms with van der Waals surface area (Å²) in [6, 6.07) is 3.49. The summed E-state index contributed by atoms with van der Waals surface area (Å²) >= 11 is 0. The Morgan fingerprint density at radius 2 is 1.83 bits per heavy atom. The number of alkyl halides is 3. The number of fused-ring (bicyclic) bond motifs is 3. The van der Waals surface area contributed by atoms with Gasteiger partial charge < -0.3 is 34.6 Å². The quantitative estimate of drug-likeness (QED) is 0.289. The van der Waals surface area contributed by atoms with Gasteiger partial charge in [-0.3, -0.25) is 19.1 Å². The largest absolute Gasteiger partial charge is 0.497 e. The molecule has 7 atom stereocenters. The molecule has 15 nitrogen and oxygen atoms in total. The third-order valence-electron chi connectivity index (χ3n) is 11.9. The molecule has 2 aliphatic carbocycles. The standard InChI is InChI=1S/C41H55F3N6O9S/c1-23-11-9-10-12-26-21-40(26,36(53)48-60(55,56)39(5)15-16-39)47-33(51)30-20-28(58-34-29-14-13-27(57-8)18-25(29)19-31(45-34)49(6)7)22-50(30)35(52)32(24(2)17-23)46-37(54)59-38(3,4)41(42,43)44/h10,12-14,18-19,23-24,26,28,30,32H,9,11,15-17,20-22H2,1-8H3,(H,46,54)(H,47,51)(H,48,53)/b12-10-/t23-,24+,26+,28+,30-,32-,40+/m0/s1/i3D3,4D3. The van der Waals surface area contributed by atoms with E-state index < -0.39 is 106 Å². The number of pyridine rings is 1. The summed E-state index contributed by atoms with van der Waals surface area (Å²) in [5.74, 6) is -3.78. The van der Waals surface area contributed by atoms with E-state index in [1.54, 1.807) is 62.3 Å². The van der Waals surface area contributed by atoms with E-state index in [2.05, 4.69) is 19.8 Å². The average molecular weight is 871 g/mol. The molecule has 0 spiro atoms. The molecule has 1 aromatic heterocycles. The molecule has 1 saturated heterocycles. The summed E-state index contributed by atoms with van der Waals surface area (Å²) < 4.78 is 133. The van der Waals surface area contributed by atoms with Gasteiger partial charge in [0.2, 0.25) is 33.3 Å². The van der Waals surface area contributed by atoms with Crippen molar-refractivity contribution in [2.24, 2.45) is 17.8 Å². The van der Waals surface area contributed by atoms with Gasteiger partial charge in [0.25, 0.3) is 5.91 Å². The number of benzene rings is 1. The lowest BCUT2D eigenvalue weighted by Crippen LogP contribution is -2.59. The summed E-state index contributed by atoms with van der Waals surface area (Å²) in [6.07, 6.45) is -4.59. The van der Waals surface area contributed by atoms with Crippen molar-refractivity contribution >= 4 is 50.4 Å². The molecule has 0 bridgehead atoms. The van der Waals surface area contributed by atoms with Crippen molar-refractivity contribution in [3.8, 4) is 11.6 Å². The maximum atomic E-state index is 15.0. The van der Waals surface area contributed by atoms with Crippen LogP contribution in [0, 0.1) is 17.8 Å². The molecule has 330 valence electrons. The van der Waals surface area contributed by atoms with Gasteiger partial charge in [-0.2, -0.15) is 18.2 Å². The van der Waals surface area contributed by atoms with Crippen molar-refractivity contribution in [3.63, 3.8) is 0 Å². The van der Waals surface area contributed by atoms with Crippen LogP contribution in [0.4, 0.5) is 23.8 Å². The topological polar surface area (TPSA) is 186 Å². The first-order valence-electron chi connectivity index (χ1n) is 22.7. The third kappa shape index (κ3) is 9.10. The Bertz CT molecular complexity index is 2350. The van der Waals surface area contributed by atoms with E-state index in [0.29, 0.717) is 48.0 Å². The predicted molar refractivity (Wildman–Crippen MR) is 216 cm³/mol. The van der Waals surface area contributed by atoms with E-state index in [4.69, 9.17) is 17.7 Å². The number of anilines is 1. The first kappa shape index (κ1) is 37.0. The molecule has 0 radical (unpaired) electrons. The van der Waals surface area contributed by atoms with Gasteiger partial charge in [0.05, 0.1) is 18.4 Å². The van der Waals surface area contributed by atoms with E-state index in [1.165, 1.54) is 21.0 Å². The number of methoxy groups -OCH3 is 1. The first-order valence-corrected chi connectivity index (χ1v) is 21.1. The highest BCUT2D eigenvalue weighted by atomic mass is 32.2. The van der Waals surface area contributed by atoms with Crippen LogP contribution in [-0.4, -0.2) is 110 Å². The van der Waals surface area contributed by atoms with E-state index in [-0.39, 0.29) is 31.1 Å². The molecule has 3 fully saturated rings. The molecule has 60 heavy (non-hydrogen) atoms. The number of halogens is 3. The van der Waals surface area contributed by atoms with Crippen molar-refractivity contribution in [1.82, 2.24) is 25.2 Å². The third-order valence-corrected chi connectivity index (χ3v) is 14.1. The van der Waals surface area contributed by atoms with Crippen molar-refractivity contribution in [3.05, 3.63) is 36.4 Å². The van der Waals surface area contributed by atoms with Gasteiger partial charge >= 0.3 is 12.3 Å². The van der Waals surface area contributed by atoms with Gasteiger partial charge in [-0.25, -0.2) is 13.2 Å². The molecule has 4 aliphatic rings. The molecule has 6 rings (SSSR count). The second-order valence-corrected chi connectivity index (χ2v) is 19.1. The fourth-order valence-electron chi connectivity index (χ4n) is 7.74. The minimum absolute atomic E-state index is 0.00114. The van der Waals surface area contributed by atoms with Gasteiger partial charge in [0.15, 0.2) is 0 Å². The van der Waals surface area contributed by atoms with Crippen LogP contribution in [0.25, 0.3) is 10.8 Å². The monoisotopic (exact) mass is 870 g/mol. The second kappa shape index (κ2) is 16.2. The fourth-order valence-corrected chi connectivity index (χ4v) is 9.06. The van der Waals surface area contributed by atoms with Crippen LogP contribution in [0.5, 0.6) is 11.6 Å². The summed E-state index contributed by atoms with van der Waals surface area (Å²) in [4.78, 5) is 64.7. The van der Waals surface area contributed by atoms with E-state index in [9.17, 15) is 36.0 Å². The van der Waals surface area contributed by atoms with Crippen molar-refractivity contribution < 1.29 is 63.2 Å². The lowest BCUT2D eigenvalue weighted by molar-refractivity contribution is -0.244.